The molecule has 1 unspecified atom stereocenters. The standard InChI is InChI=1S/C25H23ClN4O3S2/c1-17-6-11-21-23(14-17)34-25(28-21)29(16-18-4-2-12-27-15-18)24(31)22-5-3-13-30(22)35(32,33)20-9-7-19(26)8-10-20/h2,4,6-12,14-15,22H,3,5,13,16H2,1H3. The Labute approximate surface area is 213 Å². The van der Waals surface area contributed by atoms with E-state index in [1.54, 1.807) is 29.4 Å². The van der Waals surface area contributed by atoms with E-state index < -0.39 is 16.1 Å². The molecule has 7 nitrogen and oxygen atoms in total. The number of carbonyl (C=O) groups excluding carboxylic acids is 1. The number of nitrogens with zero attached hydrogens (tertiary/aromatic N) is 4. The first-order valence-corrected chi connectivity index (χ1v) is 13.8. The first-order valence-electron chi connectivity index (χ1n) is 11.2. The Morgan fingerprint density at radius 3 is 2.74 bits per heavy atom. The molecule has 3 heterocycles. The third kappa shape index (κ3) is 4.81. The van der Waals surface area contributed by atoms with Crippen molar-refractivity contribution in [3.63, 3.8) is 0 Å². The summed E-state index contributed by atoms with van der Waals surface area (Å²) in [6, 6.07) is 14.9. The van der Waals surface area contributed by atoms with E-state index in [1.807, 2.05) is 37.3 Å². The van der Waals surface area contributed by atoms with Crippen LogP contribution in [0, 0.1) is 6.92 Å². The number of pyridine rings is 1. The summed E-state index contributed by atoms with van der Waals surface area (Å²) in [6.45, 7) is 2.54. The third-order valence-electron chi connectivity index (χ3n) is 6.00. The number of fused-ring (bicyclic) bond motifs is 1. The Hall–Kier alpha value is -2.85. The fourth-order valence-corrected chi connectivity index (χ4v) is 7.09. The minimum atomic E-state index is -3.87. The van der Waals surface area contributed by atoms with E-state index in [9.17, 15) is 13.2 Å². The second-order valence-electron chi connectivity index (χ2n) is 8.48. The number of thiazole rings is 1. The van der Waals surface area contributed by atoms with E-state index in [0.29, 0.717) is 23.0 Å². The van der Waals surface area contributed by atoms with Gasteiger partial charge in [0.05, 0.1) is 21.7 Å². The predicted octanol–water partition coefficient (Wildman–Crippen LogP) is 5.04. The van der Waals surface area contributed by atoms with Gasteiger partial charge in [-0.2, -0.15) is 4.31 Å². The number of aryl methyl sites for hydroxylation is 1. The summed E-state index contributed by atoms with van der Waals surface area (Å²) >= 11 is 7.37. The zero-order valence-electron chi connectivity index (χ0n) is 19.0. The Balaban J connectivity index is 1.52. The van der Waals surface area contributed by atoms with Crippen molar-refractivity contribution in [1.82, 2.24) is 14.3 Å². The summed E-state index contributed by atoms with van der Waals surface area (Å²) in [6.07, 6.45) is 4.42. The summed E-state index contributed by atoms with van der Waals surface area (Å²) in [5.74, 6) is -0.292. The van der Waals surface area contributed by atoms with E-state index in [0.717, 1.165) is 21.3 Å². The Morgan fingerprint density at radius 2 is 2.00 bits per heavy atom. The first-order chi connectivity index (χ1) is 16.8. The number of benzene rings is 2. The summed E-state index contributed by atoms with van der Waals surface area (Å²) in [5, 5.41) is 0.988. The number of aromatic nitrogens is 2. The fraction of sp³-hybridized carbons (Fsp3) is 0.240. The van der Waals surface area contributed by atoms with Crippen molar-refractivity contribution in [2.45, 2.75) is 37.2 Å². The van der Waals surface area contributed by atoms with E-state index >= 15 is 0 Å². The van der Waals surface area contributed by atoms with Gasteiger partial charge in [0.25, 0.3) is 0 Å². The van der Waals surface area contributed by atoms with Crippen LogP contribution in [-0.2, 0) is 21.4 Å². The molecule has 0 bridgehead atoms. The molecule has 180 valence electrons. The molecule has 0 aliphatic carbocycles. The van der Waals surface area contributed by atoms with Crippen LogP contribution in [0.4, 0.5) is 5.13 Å². The predicted molar refractivity (Wildman–Crippen MR) is 138 cm³/mol. The van der Waals surface area contributed by atoms with Gasteiger partial charge in [0.15, 0.2) is 5.13 Å². The smallest absolute Gasteiger partial charge is 0.247 e. The molecule has 35 heavy (non-hydrogen) atoms. The summed E-state index contributed by atoms with van der Waals surface area (Å²) in [4.78, 5) is 24.6. The molecule has 1 saturated heterocycles. The van der Waals surface area contributed by atoms with Crippen LogP contribution in [-0.4, -0.2) is 41.2 Å². The summed E-state index contributed by atoms with van der Waals surface area (Å²) in [7, 11) is -3.87. The van der Waals surface area contributed by atoms with Gasteiger partial charge in [-0.05, 0) is 73.4 Å². The lowest BCUT2D eigenvalue weighted by atomic mass is 10.2. The number of sulfonamides is 1. The van der Waals surface area contributed by atoms with Crippen LogP contribution in [0.3, 0.4) is 0 Å². The molecule has 0 spiro atoms. The van der Waals surface area contributed by atoms with Crippen molar-refractivity contribution in [3.05, 3.63) is 83.1 Å². The van der Waals surface area contributed by atoms with Crippen molar-refractivity contribution in [2.24, 2.45) is 0 Å². The van der Waals surface area contributed by atoms with Gasteiger partial charge in [0, 0.05) is 24.0 Å². The number of amides is 1. The number of hydrogen-bond donors (Lipinski definition) is 0. The van der Waals surface area contributed by atoms with Gasteiger partial charge in [0.1, 0.15) is 6.04 Å². The minimum Gasteiger partial charge on any atom is -0.282 e. The molecular formula is C25H23ClN4O3S2. The van der Waals surface area contributed by atoms with Crippen LogP contribution in [0.1, 0.15) is 24.0 Å². The normalized spacial score (nSPS) is 16.6. The zero-order valence-corrected chi connectivity index (χ0v) is 21.4. The Kier molecular flexibility index (Phi) is 6.59. The topological polar surface area (TPSA) is 83.5 Å². The molecule has 0 radical (unpaired) electrons. The lowest BCUT2D eigenvalue weighted by Gasteiger charge is -2.28. The molecule has 2 aromatic carbocycles. The van der Waals surface area contributed by atoms with Crippen molar-refractivity contribution in [3.8, 4) is 0 Å². The highest BCUT2D eigenvalue weighted by Gasteiger charge is 2.42. The van der Waals surface area contributed by atoms with Crippen LogP contribution >= 0.6 is 22.9 Å². The first kappa shape index (κ1) is 23.9. The van der Waals surface area contributed by atoms with Gasteiger partial charge in [-0.15, -0.1) is 0 Å². The fourth-order valence-electron chi connectivity index (χ4n) is 4.25. The summed E-state index contributed by atoms with van der Waals surface area (Å²) in [5.41, 5.74) is 2.74. The van der Waals surface area contributed by atoms with Crippen molar-refractivity contribution >= 4 is 54.2 Å². The molecule has 1 aliphatic rings. The van der Waals surface area contributed by atoms with Gasteiger partial charge >= 0.3 is 0 Å². The highest BCUT2D eigenvalue weighted by molar-refractivity contribution is 7.89. The lowest BCUT2D eigenvalue weighted by molar-refractivity contribution is -0.121. The highest BCUT2D eigenvalue weighted by atomic mass is 35.5. The van der Waals surface area contributed by atoms with Gasteiger partial charge in [-0.3, -0.25) is 14.7 Å². The van der Waals surface area contributed by atoms with Crippen LogP contribution < -0.4 is 4.90 Å². The van der Waals surface area contributed by atoms with E-state index in [2.05, 4.69) is 4.98 Å². The largest absolute Gasteiger partial charge is 0.282 e. The monoisotopic (exact) mass is 526 g/mol. The zero-order chi connectivity index (χ0) is 24.6. The molecule has 5 rings (SSSR count). The number of hydrogen-bond acceptors (Lipinski definition) is 6. The van der Waals surface area contributed by atoms with Crippen LogP contribution in [0.2, 0.25) is 5.02 Å². The van der Waals surface area contributed by atoms with Crippen LogP contribution in [0.25, 0.3) is 10.2 Å². The lowest BCUT2D eigenvalue weighted by Crippen LogP contribution is -2.47. The minimum absolute atomic E-state index is 0.121. The molecule has 0 N–H and O–H groups in total. The number of rotatable bonds is 6. The van der Waals surface area contributed by atoms with Crippen molar-refractivity contribution in [2.75, 3.05) is 11.4 Å². The van der Waals surface area contributed by atoms with Gasteiger partial charge in [-0.25, -0.2) is 13.4 Å². The Bertz CT molecular complexity index is 1470. The quantitative estimate of drug-likeness (QED) is 0.351. The average Bonchev–Trinajstić information content (AvgIpc) is 3.50. The molecule has 10 heteroatoms. The molecule has 1 atom stereocenters. The molecule has 2 aromatic heterocycles. The highest BCUT2D eigenvalue weighted by Crippen LogP contribution is 2.34. The molecule has 1 aliphatic heterocycles. The molecule has 4 aromatic rings. The molecule has 0 saturated carbocycles. The number of anilines is 1. The van der Waals surface area contributed by atoms with Crippen LogP contribution in [0.15, 0.2) is 71.9 Å². The summed E-state index contributed by atoms with van der Waals surface area (Å²) < 4.78 is 29.2. The molecular weight excluding hydrogens is 504 g/mol. The van der Waals surface area contributed by atoms with Crippen molar-refractivity contribution < 1.29 is 13.2 Å². The second kappa shape index (κ2) is 9.66. The molecule has 1 fully saturated rings. The second-order valence-corrected chi connectivity index (χ2v) is 11.8. The van der Waals surface area contributed by atoms with E-state index in [-0.39, 0.29) is 23.9 Å². The number of halogens is 1. The van der Waals surface area contributed by atoms with E-state index in [4.69, 9.17) is 16.6 Å². The van der Waals surface area contributed by atoms with Gasteiger partial charge in [0.2, 0.25) is 15.9 Å². The number of carbonyl (C=O) groups is 1. The maximum Gasteiger partial charge on any atom is 0.247 e. The van der Waals surface area contributed by atoms with Gasteiger partial charge in [-0.1, -0.05) is 35.1 Å². The average molecular weight is 527 g/mol. The van der Waals surface area contributed by atoms with Crippen molar-refractivity contribution in [1.29, 1.82) is 0 Å². The maximum atomic E-state index is 14.0. The van der Waals surface area contributed by atoms with Gasteiger partial charge < -0.3 is 0 Å². The molecule has 1 amide bonds. The van der Waals surface area contributed by atoms with Crippen LogP contribution in [0.5, 0.6) is 0 Å². The SMILES string of the molecule is Cc1ccc2nc(N(Cc3cccnc3)C(=O)C3CCCN3S(=O)(=O)c3ccc(Cl)cc3)sc2c1. The van der Waals surface area contributed by atoms with E-state index in [1.165, 1.54) is 27.8 Å². The third-order valence-corrected chi connectivity index (χ3v) is 9.22. The maximum absolute atomic E-state index is 14.0. The Morgan fingerprint density at radius 1 is 1.20 bits per heavy atom.